The van der Waals surface area contributed by atoms with E-state index in [1.54, 1.807) is 4.90 Å². The van der Waals surface area contributed by atoms with Crippen LogP contribution in [0.4, 0.5) is 20.4 Å². The molecule has 4 rings (SSSR count). The van der Waals surface area contributed by atoms with Crippen LogP contribution in [0, 0.1) is 11.6 Å². The summed E-state index contributed by atoms with van der Waals surface area (Å²) < 4.78 is 37.9. The van der Waals surface area contributed by atoms with Crippen LogP contribution in [0.15, 0.2) is 30.6 Å². The molecule has 2 aliphatic rings. The van der Waals surface area contributed by atoms with Crippen molar-refractivity contribution >= 4 is 17.5 Å². The summed E-state index contributed by atoms with van der Waals surface area (Å²) in [5.41, 5.74) is 0.387. The number of halogens is 2. The van der Waals surface area contributed by atoms with Gasteiger partial charge in [-0.3, -0.25) is 4.79 Å². The average molecular weight is 376 g/mol. The normalized spacial score (nSPS) is 18.7. The van der Waals surface area contributed by atoms with Crippen molar-refractivity contribution < 1.29 is 23.0 Å². The third-order valence-corrected chi connectivity index (χ3v) is 4.70. The number of anilines is 2. The Labute approximate surface area is 154 Å². The molecule has 0 bridgehead atoms. The third kappa shape index (κ3) is 3.74. The van der Waals surface area contributed by atoms with Gasteiger partial charge in [-0.1, -0.05) is 0 Å². The Morgan fingerprint density at radius 2 is 1.78 bits per heavy atom. The van der Waals surface area contributed by atoms with E-state index in [2.05, 4.69) is 15.3 Å². The molecule has 2 saturated heterocycles. The lowest BCUT2D eigenvalue weighted by atomic mass is 10.0. The summed E-state index contributed by atoms with van der Waals surface area (Å²) >= 11 is 0. The van der Waals surface area contributed by atoms with E-state index in [1.807, 2.05) is 0 Å². The summed E-state index contributed by atoms with van der Waals surface area (Å²) in [5.74, 6) is -2.03. The molecule has 0 aliphatic carbocycles. The van der Waals surface area contributed by atoms with Crippen molar-refractivity contribution in [2.24, 2.45) is 0 Å². The van der Waals surface area contributed by atoms with Crippen molar-refractivity contribution in [3.63, 3.8) is 0 Å². The fourth-order valence-corrected chi connectivity index (χ4v) is 3.23. The van der Waals surface area contributed by atoms with Gasteiger partial charge in [-0.05, 0) is 12.1 Å². The Morgan fingerprint density at radius 1 is 1.11 bits per heavy atom. The van der Waals surface area contributed by atoms with Gasteiger partial charge in [0.1, 0.15) is 11.6 Å². The molecule has 0 unspecified atom stereocenters. The standard InChI is InChI=1S/C18H18F2N4O3/c19-13-1-2-15(14(20)9-13)23-17-21-10-12(11-22-17)16(25)24-5-3-18(4-6-24)26-7-8-27-18/h1-2,9-11H,3-8H2,(H,21,22,23). The Bertz CT molecular complexity index is 831. The molecule has 9 heteroatoms. The number of carbonyl (C=O) groups is 1. The van der Waals surface area contributed by atoms with Crippen LogP contribution in [-0.2, 0) is 9.47 Å². The highest BCUT2D eigenvalue weighted by Crippen LogP contribution is 2.31. The maximum Gasteiger partial charge on any atom is 0.256 e. The third-order valence-electron chi connectivity index (χ3n) is 4.70. The summed E-state index contributed by atoms with van der Waals surface area (Å²) in [6.07, 6.45) is 4.02. The number of hydrogen-bond acceptors (Lipinski definition) is 6. The number of likely N-dealkylation sites (tertiary alicyclic amines) is 1. The minimum Gasteiger partial charge on any atom is -0.347 e. The molecule has 1 aromatic heterocycles. The SMILES string of the molecule is O=C(c1cnc(Nc2ccc(F)cc2F)nc1)N1CCC2(CC1)OCCO2. The maximum atomic E-state index is 13.7. The topological polar surface area (TPSA) is 76.6 Å². The van der Waals surface area contributed by atoms with Crippen LogP contribution in [0.25, 0.3) is 0 Å². The summed E-state index contributed by atoms with van der Waals surface area (Å²) in [7, 11) is 0. The molecule has 2 aromatic rings. The summed E-state index contributed by atoms with van der Waals surface area (Å²) in [4.78, 5) is 22.4. The Hall–Kier alpha value is -2.65. The minimum atomic E-state index is -0.752. The van der Waals surface area contributed by atoms with Crippen molar-refractivity contribution in [1.29, 1.82) is 0 Å². The lowest BCUT2D eigenvalue weighted by Gasteiger charge is -2.37. The minimum absolute atomic E-state index is 0.0494. The first-order valence-corrected chi connectivity index (χ1v) is 8.66. The van der Waals surface area contributed by atoms with Crippen LogP contribution in [0.1, 0.15) is 23.2 Å². The van der Waals surface area contributed by atoms with Crippen molar-refractivity contribution in [2.75, 3.05) is 31.6 Å². The van der Waals surface area contributed by atoms with E-state index < -0.39 is 17.4 Å². The predicted molar refractivity (Wildman–Crippen MR) is 91.4 cm³/mol. The number of piperidine rings is 1. The lowest BCUT2D eigenvalue weighted by Crippen LogP contribution is -2.47. The van der Waals surface area contributed by atoms with Gasteiger partial charge in [0, 0.05) is 44.4 Å². The van der Waals surface area contributed by atoms with Crippen molar-refractivity contribution in [3.05, 3.63) is 47.8 Å². The van der Waals surface area contributed by atoms with E-state index in [0.717, 1.165) is 12.1 Å². The molecule has 1 spiro atoms. The molecule has 1 N–H and O–H groups in total. The number of nitrogens with zero attached hydrogens (tertiary/aromatic N) is 3. The predicted octanol–water partition coefficient (Wildman–Crippen LogP) is 2.48. The molecular weight excluding hydrogens is 358 g/mol. The number of nitrogens with one attached hydrogen (secondary N) is 1. The fourth-order valence-electron chi connectivity index (χ4n) is 3.23. The first-order chi connectivity index (χ1) is 13.0. The molecule has 0 radical (unpaired) electrons. The molecular formula is C18H18F2N4O3. The van der Waals surface area contributed by atoms with Gasteiger partial charge in [0.2, 0.25) is 5.95 Å². The molecule has 7 nitrogen and oxygen atoms in total. The van der Waals surface area contributed by atoms with Gasteiger partial charge in [0.25, 0.3) is 5.91 Å². The maximum absolute atomic E-state index is 13.7. The highest BCUT2D eigenvalue weighted by Gasteiger charge is 2.40. The average Bonchev–Trinajstić information content (AvgIpc) is 3.13. The molecule has 2 fully saturated rings. The molecule has 0 atom stereocenters. The number of rotatable bonds is 3. The van der Waals surface area contributed by atoms with E-state index in [9.17, 15) is 13.6 Å². The zero-order valence-corrected chi connectivity index (χ0v) is 14.5. The van der Waals surface area contributed by atoms with Crippen LogP contribution in [0.5, 0.6) is 0 Å². The highest BCUT2D eigenvalue weighted by molar-refractivity contribution is 5.93. The number of carbonyl (C=O) groups excluding carboxylic acids is 1. The smallest absolute Gasteiger partial charge is 0.256 e. The van der Waals surface area contributed by atoms with Gasteiger partial charge in [-0.2, -0.15) is 0 Å². The number of aromatic nitrogens is 2. The van der Waals surface area contributed by atoms with Gasteiger partial charge >= 0.3 is 0 Å². The van der Waals surface area contributed by atoms with E-state index in [4.69, 9.17) is 9.47 Å². The number of ether oxygens (including phenoxy) is 2. The highest BCUT2D eigenvalue weighted by atomic mass is 19.1. The van der Waals surface area contributed by atoms with E-state index in [0.29, 0.717) is 44.7 Å². The fraction of sp³-hybridized carbons (Fsp3) is 0.389. The van der Waals surface area contributed by atoms with Crippen LogP contribution in [0.3, 0.4) is 0 Å². The molecule has 1 amide bonds. The monoisotopic (exact) mass is 376 g/mol. The summed E-state index contributed by atoms with van der Waals surface area (Å²) in [6, 6.07) is 3.15. The van der Waals surface area contributed by atoms with E-state index in [1.165, 1.54) is 18.5 Å². The number of hydrogen-bond donors (Lipinski definition) is 1. The quantitative estimate of drug-likeness (QED) is 0.887. The molecule has 142 valence electrons. The van der Waals surface area contributed by atoms with E-state index >= 15 is 0 Å². The first-order valence-electron chi connectivity index (χ1n) is 8.66. The van der Waals surface area contributed by atoms with Gasteiger partial charge in [-0.15, -0.1) is 0 Å². The van der Waals surface area contributed by atoms with Crippen LogP contribution >= 0.6 is 0 Å². The Morgan fingerprint density at radius 3 is 2.41 bits per heavy atom. The van der Waals surface area contributed by atoms with E-state index in [-0.39, 0.29) is 17.5 Å². The molecule has 3 heterocycles. The van der Waals surface area contributed by atoms with Crippen LogP contribution in [-0.4, -0.2) is 52.9 Å². The lowest BCUT2D eigenvalue weighted by molar-refractivity contribution is -0.181. The van der Waals surface area contributed by atoms with Gasteiger partial charge in [0.05, 0.1) is 24.5 Å². The summed E-state index contributed by atoms with van der Waals surface area (Å²) in [5, 5.41) is 2.66. The van der Waals surface area contributed by atoms with Crippen molar-refractivity contribution in [2.45, 2.75) is 18.6 Å². The molecule has 27 heavy (non-hydrogen) atoms. The van der Waals surface area contributed by atoms with Gasteiger partial charge in [0.15, 0.2) is 5.79 Å². The molecule has 0 saturated carbocycles. The second kappa shape index (κ2) is 7.16. The van der Waals surface area contributed by atoms with Gasteiger partial charge in [-0.25, -0.2) is 18.7 Å². The van der Waals surface area contributed by atoms with Crippen molar-refractivity contribution in [3.8, 4) is 0 Å². The zero-order chi connectivity index (χ0) is 18.9. The van der Waals surface area contributed by atoms with Gasteiger partial charge < -0.3 is 19.7 Å². The second-order valence-corrected chi connectivity index (χ2v) is 6.44. The number of amides is 1. The first kappa shape index (κ1) is 17.7. The Balaban J connectivity index is 1.39. The Kier molecular flexibility index (Phi) is 4.71. The van der Waals surface area contributed by atoms with Crippen LogP contribution < -0.4 is 5.32 Å². The number of benzene rings is 1. The molecule has 1 aromatic carbocycles. The van der Waals surface area contributed by atoms with Crippen molar-refractivity contribution in [1.82, 2.24) is 14.9 Å². The molecule has 2 aliphatic heterocycles. The zero-order valence-electron chi connectivity index (χ0n) is 14.5. The second-order valence-electron chi connectivity index (χ2n) is 6.44. The summed E-state index contributed by atoms with van der Waals surface area (Å²) in [6.45, 7) is 2.23. The largest absolute Gasteiger partial charge is 0.347 e. The van der Waals surface area contributed by atoms with Crippen LogP contribution in [0.2, 0.25) is 0 Å².